The van der Waals surface area contributed by atoms with Crippen LogP contribution in [-0.4, -0.2) is 37.2 Å². The highest BCUT2D eigenvalue weighted by Crippen LogP contribution is 2.15. The van der Waals surface area contributed by atoms with Crippen LogP contribution >= 0.6 is 0 Å². The van der Waals surface area contributed by atoms with Crippen molar-refractivity contribution in [3.8, 4) is 0 Å². The molecule has 0 aliphatic carbocycles. The number of carbonyl (C=O) groups excluding carboxylic acids is 3. The Morgan fingerprint density at radius 3 is 0.926 bits per heavy atom. The summed E-state index contributed by atoms with van der Waals surface area (Å²) in [6, 6.07) is 0. The van der Waals surface area contributed by atoms with Gasteiger partial charge in [0.15, 0.2) is 6.10 Å². The Balaban J connectivity index is 4.37. The maximum absolute atomic E-state index is 12.9. The van der Waals surface area contributed by atoms with Gasteiger partial charge >= 0.3 is 17.9 Å². The molecule has 0 saturated carbocycles. The average molecular weight is 952 g/mol. The second kappa shape index (κ2) is 56.7. The summed E-state index contributed by atoms with van der Waals surface area (Å²) in [5, 5.41) is 0. The van der Waals surface area contributed by atoms with Gasteiger partial charge in [-0.05, 0) is 103 Å². The molecule has 1 atom stereocenters. The van der Waals surface area contributed by atoms with Gasteiger partial charge in [0.25, 0.3) is 0 Å². The quantitative estimate of drug-likeness (QED) is 0.0262. The lowest BCUT2D eigenvalue weighted by Crippen LogP contribution is -2.30. The molecule has 0 radical (unpaired) electrons. The van der Waals surface area contributed by atoms with Crippen molar-refractivity contribution in [2.75, 3.05) is 13.2 Å². The van der Waals surface area contributed by atoms with E-state index >= 15 is 0 Å². The Kier molecular flexibility index (Phi) is 54.3. The van der Waals surface area contributed by atoms with E-state index in [1.807, 2.05) is 0 Å². The molecule has 68 heavy (non-hydrogen) atoms. The van der Waals surface area contributed by atoms with E-state index in [1.54, 1.807) is 0 Å². The van der Waals surface area contributed by atoms with Gasteiger partial charge in [-0.15, -0.1) is 0 Å². The number of ether oxygens (including phenoxy) is 3. The molecule has 0 aromatic heterocycles. The van der Waals surface area contributed by atoms with E-state index in [0.29, 0.717) is 19.3 Å². The number of rotatable bonds is 53. The molecule has 0 rings (SSSR count). The first-order chi connectivity index (χ1) is 33.5. The van der Waals surface area contributed by atoms with Crippen LogP contribution in [0, 0.1) is 0 Å². The fourth-order valence-electron chi connectivity index (χ4n) is 8.33. The molecule has 394 valence electrons. The Hall–Kier alpha value is -2.89. The fourth-order valence-corrected chi connectivity index (χ4v) is 8.33. The minimum atomic E-state index is -0.783. The maximum Gasteiger partial charge on any atom is 0.306 e. The van der Waals surface area contributed by atoms with Crippen LogP contribution in [0.1, 0.15) is 297 Å². The topological polar surface area (TPSA) is 78.9 Å². The third-order valence-corrected chi connectivity index (χ3v) is 12.7. The predicted octanol–water partition coefficient (Wildman–Crippen LogP) is 19.6. The van der Waals surface area contributed by atoms with Crippen LogP contribution in [0.2, 0.25) is 0 Å². The Morgan fingerprint density at radius 1 is 0.309 bits per heavy atom. The summed E-state index contributed by atoms with van der Waals surface area (Å²) in [5.74, 6) is -0.890. The molecule has 0 amide bonds. The molecule has 0 aromatic carbocycles. The van der Waals surface area contributed by atoms with Crippen LogP contribution in [0.3, 0.4) is 0 Å². The summed E-state index contributed by atoms with van der Waals surface area (Å²) in [7, 11) is 0. The van der Waals surface area contributed by atoms with Gasteiger partial charge in [-0.25, -0.2) is 0 Å². The molecule has 0 bridgehead atoms. The van der Waals surface area contributed by atoms with Crippen LogP contribution in [-0.2, 0) is 28.6 Å². The summed E-state index contributed by atoms with van der Waals surface area (Å²) in [6.45, 7) is 6.52. The van der Waals surface area contributed by atoms with E-state index in [2.05, 4.69) is 81.5 Å². The molecule has 0 aliphatic rings. The molecule has 0 aromatic rings. The van der Waals surface area contributed by atoms with Crippen LogP contribution in [0.15, 0.2) is 60.8 Å². The van der Waals surface area contributed by atoms with Crippen molar-refractivity contribution < 1.29 is 28.6 Å². The lowest BCUT2D eigenvalue weighted by atomic mass is 10.1. The highest BCUT2D eigenvalue weighted by Gasteiger charge is 2.19. The Labute approximate surface area is 421 Å². The van der Waals surface area contributed by atoms with Gasteiger partial charge in [0, 0.05) is 19.3 Å². The highest BCUT2D eigenvalue weighted by molar-refractivity contribution is 5.71. The fraction of sp³-hybridized carbons (Fsp3) is 0.790. The molecule has 6 nitrogen and oxygen atoms in total. The van der Waals surface area contributed by atoms with Gasteiger partial charge in [0.1, 0.15) is 13.2 Å². The Bertz CT molecular complexity index is 1230. The number of allylic oxidation sites excluding steroid dienone is 10. The number of hydrogen-bond acceptors (Lipinski definition) is 6. The van der Waals surface area contributed by atoms with Crippen molar-refractivity contribution in [2.24, 2.45) is 0 Å². The Morgan fingerprint density at radius 2 is 0.574 bits per heavy atom. The summed E-state index contributed by atoms with van der Waals surface area (Å²) >= 11 is 0. The van der Waals surface area contributed by atoms with E-state index in [-0.39, 0.29) is 31.1 Å². The average Bonchev–Trinajstić information content (AvgIpc) is 3.34. The summed E-state index contributed by atoms with van der Waals surface area (Å²) in [4.78, 5) is 38.2. The van der Waals surface area contributed by atoms with Crippen molar-refractivity contribution >= 4 is 17.9 Å². The molecule has 1 unspecified atom stereocenters. The smallest absolute Gasteiger partial charge is 0.306 e. The zero-order chi connectivity index (χ0) is 49.3. The van der Waals surface area contributed by atoms with E-state index in [1.165, 1.54) is 167 Å². The maximum atomic E-state index is 12.9. The van der Waals surface area contributed by atoms with E-state index in [4.69, 9.17) is 14.2 Å². The second-order valence-electron chi connectivity index (χ2n) is 19.5. The summed E-state index contributed by atoms with van der Waals surface area (Å²) in [6.07, 6.45) is 70.7. The zero-order valence-electron chi connectivity index (χ0n) is 45.1. The van der Waals surface area contributed by atoms with Crippen molar-refractivity contribution in [3.05, 3.63) is 60.8 Å². The molecule has 0 aliphatic heterocycles. The van der Waals surface area contributed by atoms with Crippen molar-refractivity contribution in [3.63, 3.8) is 0 Å². The molecule has 6 heteroatoms. The first-order valence-corrected chi connectivity index (χ1v) is 29.3. The van der Waals surface area contributed by atoms with Crippen molar-refractivity contribution in [1.29, 1.82) is 0 Å². The minimum Gasteiger partial charge on any atom is -0.462 e. The van der Waals surface area contributed by atoms with E-state index in [9.17, 15) is 14.4 Å². The molecular formula is C62H110O6. The highest BCUT2D eigenvalue weighted by atomic mass is 16.6. The molecule has 0 saturated heterocycles. The molecule has 0 heterocycles. The number of unbranched alkanes of at least 4 members (excludes halogenated alkanes) is 32. The summed E-state index contributed by atoms with van der Waals surface area (Å²) < 4.78 is 16.9. The number of hydrogen-bond donors (Lipinski definition) is 0. The van der Waals surface area contributed by atoms with E-state index in [0.717, 1.165) is 89.9 Å². The van der Waals surface area contributed by atoms with Crippen LogP contribution in [0.5, 0.6) is 0 Å². The van der Waals surface area contributed by atoms with Crippen molar-refractivity contribution in [1.82, 2.24) is 0 Å². The molecule has 0 spiro atoms. The largest absolute Gasteiger partial charge is 0.462 e. The number of carbonyl (C=O) groups is 3. The first kappa shape index (κ1) is 65.1. The SMILES string of the molecule is CC/C=C\C/C=C\CCCCCCCCCC(=O)OCC(COC(=O)CCCCCCCCC/C=C\CCCCCCCCCC)OC(=O)CCCCCCCCC/C=C\C/C=C\CCCCC. The zero-order valence-corrected chi connectivity index (χ0v) is 45.1. The third kappa shape index (κ3) is 54.1. The summed E-state index contributed by atoms with van der Waals surface area (Å²) in [5.41, 5.74) is 0. The lowest BCUT2D eigenvalue weighted by molar-refractivity contribution is -0.167. The van der Waals surface area contributed by atoms with Crippen LogP contribution in [0.25, 0.3) is 0 Å². The normalized spacial score (nSPS) is 12.5. The van der Waals surface area contributed by atoms with Gasteiger partial charge in [-0.3, -0.25) is 14.4 Å². The van der Waals surface area contributed by atoms with Crippen LogP contribution in [0.4, 0.5) is 0 Å². The van der Waals surface area contributed by atoms with Gasteiger partial charge in [0.2, 0.25) is 0 Å². The molecule has 0 N–H and O–H groups in total. The second-order valence-corrected chi connectivity index (χ2v) is 19.5. The van der Waals surface area contributed by atoms with E-state index < -0.39 is 6.10 Å². The molecular weight excluding hydrogens is 841 g/mol. The first-order valence-electron chi connectivity index (χ1n) is 29.3. The molecule has 0 fully saturated rings. The van der Waals surface area contributed by atoms with Crippen LogP contribution < -0.4 is 0 Å². The monoisotopic (exact) mass is 951 g/mol. The third-order valence-electron chi connectivity index (χ3n) is 12.7. The lowest BCUT2D eigenvalue weighted by Gasteiger charge is -2.18. The van der Waals surface area contributed by atoms with Gasteiger partial charge < -0.3 is 14.2 Å². The van der Waals surface area contributed by atoms with Crippen molar-refractivity contribution in [2.45, 2.75) is 303 Å². The van der Waals surface area contributed by atoms with Gasteiger partial charge in [0.05, 0.1) is 0 Å². The minimum absolute atomic E-state index is 0.0813. The predicted molar refractivity (Wildman–Crippen MR) is 293 cm³/mol. The number of esters is 3. The standard InChI is InChI=1S/C62H110O6/c1-4-7-10-13-16-19-22-25-28-30-31-33-34-37-40-43-46-49-52-55-61(64)67-58-59(57-66-60(63)54-51-48-45-42-39-36-27-24-21-18-15-12-9-6-3)68-62(65)56-53-50-47-44-41-38-35-32-29-26-23-20-17-14-11-8-5-2/h9,12,17-18,20-21,26,29-31,59H,4-8,10-11,13-16,19,22-25,27-28,32-58H2,1-3H3/b12-9-,20-17-,21-18-,29-26-,31-30-. The van der Waals surface area contributed by atoms with Gasteiger partial charge in [-0.1, -0.05) is 236 Å². The van der Waals surface area contributed by atoms with Gasteiger partial charge in [-0.2, -0.15) is 0 Å².